The van der Waals surface area contributed by atoms with Gasteiger partial charge < -0.3 is 4.90 Å². The second kappa shape index (κ2) is 3.34. The van der Waals surface area contributed by atoms with E-state index < -0.39 is 18.0 Å². The van der Waals surface area contributed by atoms with Crippen LogP contribution in [0.3, 0.4) is 0 Å². The fourth-order valence-corrected chi connectivity index (χ4v) is 1.00. The van der Waals surface area contributed by atoms with Crippen molar-refractivity contribution in [3.8, 4) is 0 Å². The topological polar surface area (TPSA) is 32.3 Å². The first kappa shape index (κ1) is 11.2. The molecule has 1 heterocycles. The van der Waals surface area contributed by atoms with Crippen LogP contribution >= 0.6 is 0 Å². The molecule has 1 rings (SSSR count). The van der Waals surface area contributed by atoms with Crippen molar-refractivity contribution < 1.29 is 26.7 Å². The molecule has 1 N–H and O–H groups in total. The van der Waals surface area contributed by atoms with E-state index in [4.69, 9.17) is 0 Å². The molecule has 1 saturated heterocycles. The number of nitrogens with zero attached hydrogens (tertiary/aromatic N) is 1. The highest BCUT2D eigenvalue weighted by atomic mass is 19.4. The Kier molecular flexibility index (Phi) is 2.66. The maximum absolute atomic E-state index is 12.4. The Morgan fingerprint density at radius 3 is 2.14 bits per heavy atom. The highest BCUT2D eigenvalue weighted by Crippen LogP contribution is 2.36. The standard InChI is InChI=1S/C6H7F5N2O/c7-5(8,6(9,10)11)4(14)13-2-1-12-3-13/h12H,1-3H2. The Balaban J connectivity index is 2.76. The van der Waals surface area contributed by atoms with Gasteiger partial charge in [-0.1, -0.05) is 0 Å². The highest BCUT2D eigenvalue weighted by molar-refractivity contribution is 5.84. The summed E-state index contributed by atoms with van der Waals surface area (Å²) < 4.78 is 60.0. The number of halogens is 5. The molecule has 0 unspecified atom stereocenters. The zero-order valence-electron chi connectivity index (χ0n) is 6.87. The third kappa shape index (κ3) is 1.79. The van der Waals surface area contributed by atoms with Crippen LogP contribution in [0.15, 0.2) is 0 Å². The second-order valence-corrected chi connectivity index (χ2v) is 2.80. The van der Waals surface area contributed by atoms with Gasteiger partial charge >= 0.3 is 18.0 Å². The SMILES string of the molecule is O=C(N1CCNC1)C(F)(F)C(F)(F)F. The monoisotopic (exact) mass is 218 g/mol. The molecule has 1 amide bonds. The lowest BCUT2D eigenvalue weighted by Gasteiger charge is -2.23. The van der Waals surface area contributed by atoms with E-state index in [1.165, 1.54) is 0 Å². The third-order valence-corrected chi connectivity index (χ3v) is 1.77. The van der Waals surface area contributed by atoms with Gasteiger partial charge in [-0.05, 0) is 0 Å². The Morgan fingerprint density at radius 2 is 1.79 bits per heavy atom. The molecule has 0 spiro atoms. The zero-order valence-corrected chi connectivity index (χ0v) is 6.87. The molecule has 0 aromatic rings. The molecule has 0 atom stereocenters. The van der Waals surface area contributed by atoms with Crippen molar-refractivity contribution in [1.29, 1.82) is 0 Å². The van der Waals surface area contributed by atoms with Gasteiger partial charge in [0.25, 0.3) is 0 Å². The largest absolute Gasteiger partial charge is 0.463 e. The average molecular weight is 218 g/mol. The van der Waals surface area contributed by atoms with E-state index in [0.717, 1.165) is 0 Å². The first-order chi connectivity index (χ1) is 6.27. The first-order valence-corrected chi connectivity index (χ1v) is 3.71. The van der Waals surface area contributed by atoms with E-state index in [1.807, 2.05) is 0 Å². The molecule has 1 fully saturated rings. The summed E-state index contributed by atoms with van der Waals surface area (Å²) in [6.07, 6.45) is -5.83. The highest BCUT2D eigenvalue weighted by Gasteiger charge is 2.64. The van der Waals surface area contributed by atoms with E-state index in [1.54, 1.807) is 0 Å². The van der Waals surface area contributed by atoms with E-state index in [9.17, 15) is 26.7 Å². The maximum Gasteiger partial charge on any atom is 0.463 e. The molecule has 0 bridgehead atoms. The van der Waals surface area contributed by atoms with E-state index in [0.29, 0.717) is 4.90 Å². The van der Waals surface area contributed by atoms with Crippen molar-refractivity contribution in [3.05, 3.63) is 0 Å². The number of amides is 1. The van der Waals surface area contributed by atoms with Gasteiger partial charge in [0, 0.05) is 13.1 Å². The van der Waals surface area contributed by atoms with Crippen molar-refractivity contribution >= 4 is 5.91 Å². The summed E-state index contributed by atoms with van der Waals surface area (Å²) in [7, 11) is 0. The summed E-state index contributed by atoms with van der Waals surface area (Å²) >= 11 is 0. The summed E-state index contributed by atoms with van der Waals surface area (Å²) in [6.45, 7) is -0.186. The van der Waals surface area contributed by atoms with E-state index in [-0.39, 0.29) is 19.8 Å². The molecule has 8 heteroatoms. The summed E-state index contributed by atoms with van der Waals surface area (Å²) in [5.74, 6) is -7.49. The van der Waals surface area contributed by atoms with Crippen LogP contribution in [0.1, 0.15) is 0 Å². The Bertz CT molecular complexity index is 233. The van der Waals surface area contributed by atoms with Crippen molar-refractivity contribution in [2.45, 2.75) is 12.1 Å². The summed E-state index contributed by atoms with van der Waals surface area (Å²) in [6, 6.07) is 0. The minimum atomic E-state index is -5.83. The molecular weight excluding hydrogens is 211 g/mol. The van der Waals surface area contributed by atoms with Gasteiger partial charge in [0.15, 0.2) is 0 Å². The molecule has 0 aromatic heterocycles. The van der Waals surface area contributed by atoms with E-state index in [2.05, 4.69) is 5.32 Å². The number of alkyl halides is 5. The molecule has 1 aliphatic heterocycles. The number of rotatable bonds is 1. The number of nitrogens with one attached hydrogen (secondary N) is 1. The molecule has 0 aromatic carbocycles. The fraction of sp³-hybridized carbons (Fsp3) is 0.833. The molecule has 3 nitrogen and oxygen atoms in total. The summed E-state index contributed by atoms with van der Waals surface area (Å²) in [5.41, 5.74) is 0. The van der Waals surface area contributed by atoms with Gasteiger partial charge in [0.05, 0.1) is 6.67 Å². The minimum absolute atomic E-state index is 0.134. The van der Waals surface area contributed by atoms with Gasteiger partial charge in [-0.15, -0.1) is 0 Å². The predicted molar refractivity (Wildman–Crippen MR) is 35.6 cm³/mol. The number of hydrogen-bond acceptors (Lipinski definition) is 2. The van der Waals surface area contributed by atoms with Crippen LogP contribution in [0.25, 0.3) is 0 Å². The normalized spacial score (nSPS) is 18.8. The molecular formula is C6H7F5N2O. The van der Waals surface area contributed by atoms with Crippen LogP contribution < -0.4 is 5.32 Å². The fourth-order valence-electron chi connectivity index (χ4n) is 1.00. The van der Waals surface area contributed by atoms with Gasteiger partial charge in [0.1, 0.15) is 0 Å². The van der Waals surface area contributed by atoms with Crippen LogP contribution in [0, 0.1) is 0 Å². The van der Waals surface area contributed by atoms with Crippen LogP contribution in [-0.2, 0) is 4.79 Å². The van der Waals surface area contributed by atoms with Crippen LogP contribution in [0.2, 0.25) is 0 Å². The molecule has 82 valence electrons. The van der Waals surface area contributed by atoms with Crippen molar-refractivity contribution in [2.75, 3.05) is 19.8 Å². The van der Waals surface area contributed by atoms with Gasteiger partial charge in [0.2, 0.25) is 0 Å². The predicted octanol–water partition coefficient (Wildman–Crippen LogP) is 0.573. The van der Waals surface area contributed by atoms with Crippen molar-refractivity contribution in [2.24, 2.45) is 0 Å². The summed E-state index contributed by atoms with van der Waals surface area (Å²) in [4.78, 5) is 11.2. The Hall–Kier alpha value is -0.920. The molecule has 0 aliphatic carbocycles. The lowest BCUT2D eigenvalue weighted by molar-refractivity contribution is -0.274. The summed E-state index contributed by atoms with van der Waals surface area (Å²) in [5, 5.41) is 2.48. The quantitative estimate of drug-likeness (QED) is 0.653. The Morgan fingerprint density at radius 1 is 1.21 bits per heavy atom. The molecule has 14 heavy (non-hydrogen) atoms. The number of carbonyl (C=O) groups excluding carboxylic acids is 1. The average Bonchev–Trinajstić information content (AvgIpc) is 2.52. The maximum atomic E-state index is 12.4. The number of carbonyl (C=O) groups is 1. The Labute approximate surface area is 75.9 Å². The molecule has 0 saturated carbocycles. The van der Waals surface area contributed by atoms with Gasteiger partial charge in [-0.2, -0.15) is 22.0 Å². The van der Waals surface area contributed by atoms with Gasteiger partial charge in [-0.3, -0.25) is 10.1 Å². The second-order valence-electron chi connectivity index (χ2n) is 2.80. The molecule has 1 aliphatic rings. The molecule has 0 radical (unpaired) electrons. The van der Waals surface area contributed by atoms with Crippen LogP contribution in [0.4, 0.5) is 22.0 Å². The minimum Gasteiger partial charge on any atom is -0.323 e. The lowest BCUT2D eigenvalue weighted by atomic mass is 10.3. The van der Waals surface area contributed by atoms with Crippen LogP contribution in [0.5, 0.6) is 0 Å². The van der Waals surface area contributed by atoms with E-state index >= 15 is 0 Å². The first-order valence-electron chi connectivity index (χ1n) is 3.71. The van der Waals surface area contributed by atoms with Crippen molar-refractivity contribution in [3.63, 3.8) is 0 Å². The van der Waals surface area contributed by atoms with Crippen molar-refractivity contribution in [1.82, 2.24) is 10.2 Å². The number of hydrogen-bond donors (Lipinski definition) is 1. The lowest BCUT2D eigenvalue weighted by Crippen LogP contribution is -2.51. The third-order valence-electron chi connectivity index (χ3n) is 1.77. The van der Waals surface area contributed by atoms with Crippen LogP contribution in [-0.4, -0.2) is 42.7 Å². The zero-order chi connectivity index (χ0) is 11.0. The van der Waals surface area contributed by atoms with Gasteiger partial charge in [-0.25, -0.2) is 0 Å². The smallest absolute Gasteiger partial charge is 0.323 e.